The lowest BCUT2D eigenvalue weighted by molar-refractivity contribution is 0.0739. The quantitative estimate of drug-likeness (QED) is 0.110. The Bertz CT molecular complexity index is 2480. The minimum atomic E-state index is -2.75. The van der Waals surface area contributed by atoms with E-state index in [2.05, 4.69) is 70.7 Å². The van der Waals surface area contributed by atoms with Gasteiger partial charge in [0.25, 0.3) is 0 Å². The zero-order valence-corrected chi connectivity index (χ0v) is 34.9. The molecule has 2 aliphatic rings. The molecule has 0 unspecified atom stereocenters. The van der Waals surface area contributed by atoms with Gasteiger partial charge in [-0.25, -0.2) is 9.97 Å². The van der Waals surface area contributed by atoms with Crippen LogP contribution >= 0.6 is 23.1 Å². The maximum absolute atomic E-state index is 13.8. The van der Waals surface area contributed by atoms with Gasteiger partial charge in [0.05, 0.1) is 40.4 Å². The van der Waals surface area contributed by atoms with E-state index in [9.17, 15) is 9.67 Å². The Morgan fingerprint density at radius 3 is 2.38 bits per heavy atom. The number of aromatic nitrogens is 6. The molecule has 4 aromatic heterocycles. The fourth-order valence-electron chi connectivity index (χ4n) is 7.26. The first-order valence-corrected chi connectivity index (χ1v) is 22.1. The number of nitrogens with zero attached hydrogens (tertiary/aromatic N) is 8. The van der Waals surface area contributed by atoms with Crippen molar-refractivity contribution >= 4 is 73.9 Å². The molecule has 2 aromatic carbocycles. The number of pyridine rings is 2. The Hall–Kier alpha value is -5.04. The lowest BCUT2D eigenvalue weighted by atomic mass is 10.0. The number of benzene rings is 2. The maximum Gasteiger partial charge on any atom is 0.229 e. The minimum absolute atomic E-state index is 0.350. The molecule has 0 atom stereocenters. The molecule has 5 heterocycles. The van der Waals surface area contributed by atoms with Crippen molar-refractivity contribution in [2.75, 3.05) is 67.1 Å². The number of nitrogens with one attached hydrogen (secondary N) is 2. The monoisotopic (exact) mass is 836 g/mol. The third kappa shape index (κ3) is 7.83. The summed E-state index contributed by atoms with van der Waals surface area (Å²) in [5.41, 5.74) is 5.92. The fraction of sp³-hybridized carbons (Fsp3) is 0.341. The van der Waals surface area contributed by atoms with Crippen molar-refractivity contribution < 1.29 is 14.4 Å². The first-order valence-electron chi connectivity index (χ1n) is 18.7. The molecule has 15 heteroatoms. The molecule has 2 fully saturated rings. The van der Waals surface area contributed by atoms with Gasteiger partial charge in [0, 0.05) is 90.8 Å². The molecule has 6 aromatic rings. The number of fused-ring (bicyclic) bond motifs is 1. The second kappa shape index (κ2) is 14.8. The van der Waals surface area contributed by atoms with Gasteiger partial charge < -0.3 is 34.8 Å². The van der Waals surface area contributed by atoms with Crippen molar-refractivity contribution in [3.05, 3.63) is 89.0 Å². The van der Waals surface area contributed by atoms with E-state index in [1.165, 1.54) is 12.8 Å². The van der Waals surface area contributed by atoms with E-state index in [4.69, 9.17) is 19.7 Å². The number of aryl methyl sites for hydroxylation is 1. The van der Waals surface area contributed by atoms with Crippen LogP contribution in [0.25, 0.3) is 22.0 Å². The highest BCUT2D eigenvalue weighted by atomic mass is 79.9. The molecule has 8 rings (SSSR count). The minimum Gasteiger partial charge on any atom is -0.494 e. The molecule has 1 saturated carbocycles. The van der Waals surface area contributed by atoms with Crippen LogP contribution in [0.5, 0.6) is 5.75 Å². The van der Waals surface area contributed by atoms with Crippen LogP contribution in [-0.4, -0.2) is 81.4 Å². The van der Waals surface area contributed by atoms with E-state index in [1.807, 2.05) is 49.8 Å². The molecule has 1 saturated heterocycles. The number of hydrogen-bond donors (Lipinski definition) is 3. The predicted octanol–water partition coefficient (Wildman–Crippen LogP) is 7.76. The van der Waals surface area contributed by atoms with Crippen LogP contribution in [0.3, 0.4) is 0 Å². The molecule has 0 spiro atoms. The molecule has 13 nitrogen and oxygen atoms in total. The van der Waals surface area contributed by atoms with Gasteiger partial charge in [0.1, 0.15) is 30.1 Å². The molecule has 0 amide bonds. The summed E-state index contributed by atoms with van der Waals surface area (Å²) < 4.78 is 22.2. The molecule has 290 valence electrons. The van der Waals surface area contributed by atoms with Crippen molar-refractivity contribution in [1.29, 1.82) is 0 Å². The van der Waals surface area contributed by atoms with E-state index < -0.39 is 12.7 Å². The van der Waals surface area contributed by atoms with Crippen molar-refractivity contribution in [3.8, 4) is 16.9 Å². The normalized spacial score (nSPS) is 15.0. The Morgan fingerprint density at radius 1 is 0.929 bits per heavy atom. The van der Waals surface area contributed by atoms with Gasteiger partial charge in [-0.15, -0.1) is 0 Å². The number of aliphatic hydroxyl groups is 1. The molecular formula is C41H46BrN10O3P. The van der Waals surface area contributed by atoms with Crippen LogP contribution in [0.2, 0.25) is 0 Å². The van der Waals surface area contributed by atoms with E-state index in [0.717, 1.165) is 70.7 Å². The number of rotatable bonds is 11. The Kier molecular flexibility index (Phi) is 10.0. The van der Waals surface area contributed by atoms with Crippen LogP contribution in [0, 0.1) is 0 Å². The topological polar surface area (TPSA) is 146 Å². The first kappa shape index (κ1) is 37.9. The van der Waals surface area contributed by atoms with E-state index in [-0.39, 0.29) is 0 Å². The Labute approximate surface area is 335 Å². The highest BCUT2D eigenvalue weighted by Crippen LogP contribution is 2.45. The van der Waals surface area contributed by atoms with Crippen molar-refractivity contribution in [2.24, 2.45) is 7.05 Å². The largest absolute Gasteiger partial charge is 0.494 e. The van der Waals surface area contributed by atoms with Crippen LogP contribution < -0.4 is 30.5 Å². The summed E-state index contributed by atoms with van der Waals surface area (Å²) in [5, 5.41) is 23.5. The highest BCUT2D eigenvalue weighted by Gasteiger charge is 2.28. The third-order valence-electron chi connectivity index (χ3n) is 10.3. The summed E-state index contributed by atoms with van der Waals surface area (Å²) in [6, 6.07) is 18.0. The first-order chi connectivity index (χ1) is 26.7. The number of piperazine rings is 1. The van der Waals surface area contributed by atoms with Gasteiger partial charge in [0.15, 0.2) is 0 Å². The SMILES string of the molecule is COc1cc(N2CCN(c3cccc(C(C)(C)O)n3)CC2)c(-c2cnn(C)c2)cc1Nc1ncc(Br)c(Nc2ccc3nc(C4CC4)ccc3c2P(C)(C)=O)n1. The van der Waals surface area contributed by atoms with Gasteiger partial charge in [-0.05, 0) is 92.3 Å². The Balaban J connectivity index is 1.09. The summed E-state index contributed by atoms with van der Waals surface area (Å²) in [4.78, 5) is 23.8. The van der Waals surface area contributed by atoms with Gasteiger partial charge in [0.2, 0.25) is 5.95 Å². The summed E-state index contributed by atoms with van der Waals surface area (Å²) >= 11 is 3.63. The maximum atomic E-state index is 13.8. The van der Waals surface area contributed by atoms with Gasteiger partial charge in [-0.1, -0.05) is 12.1 Å². The smallest absolute Gasteiger partial charge is 0.229 e. The van der Waals surface area contributed by atoms with Crippen molar-refractivity contribution in [2.45, 2.75) is 38.2 Å². The lowest BCUT2D eigenvalue weighted by Gasteiger charge is -2.38. The van der Waals surface area contributed by atoms with E-state index >= 15 is 0 Å². The molecule has 56 heavy (non-hydrogen) atoms. The molecule has 0 radical (unpaired) electrons. The van der Waals surface area contributed by atoms with Gasteiger partial charge in [-0.2, -0.15) is 10.1 Å². The zero-order chi connectivity index (χ0) is 39.4. The molecule has 1 aliphatic heterocycles. The number of hydrogen-bond acceptors (Lipinski definition) is 12. The van der Waals surface area contributed by atoms with E-state index in [1.54, 1.807) is 45.2 Å². The van der Waals surface area contributed by atoms with Crippen LogP contribution in [-0.2, 0) is 17.2 Å². The van der Waals surface area contributed by atoms with Gasteiger partial charge >= 0.3 is 0 Å². The summed E-state index contributed by atoms with van der Waals surface area (Å²) in [5.74, 6) is 2.87. The molecular weight excluding hydrogens is 791 g/mol. The fourth-order valence-corrected chi connectivity index (χ4v) is 9.03. The highest BCUT2D eigenvalue weighted by molar-refractivity contribution is 9.10. The number of halogens is 1. The summed E-state index contributed by atoms with van der Waals surface area (Å²) in [6.45, 7) is 10.1. The Morgan fingerprint density at radius 2 is 1.70 bits per heavy atom. The second-order valence-corrected chi connectivity index (χ2v) is 19.4. The van der Waals surface area contributed by atoms with Crippen LogP contribution in [0.4, 0.5) is 34.6 Å². The summed E-state index contributed by atoms with van der Waals surface area (Å²) in [7, 11) is 0.808. The van der Waals surface area contributed by atoms with Crippen LogP contribution in [0.1, 0.15) is 44.0 Å². The molecule has 3 N–H and O–H groups in total. The third-order valence-corrected chi connectivity index (χ3v) is 12.4. The second-order valence-electron chi connectivity index (χ2n) is 15.4. The number of anilines is 6. The molecule has 1 aliphatic carbocycles. The molecule has 0 bridgehead atoms. The van der Waals surface area contributed by atoms with Gasteiger partial charge in [-0.3, -0.25) is 9.67 Å². The number of ether oxygens (including phenoxy) is 1. The van der Waals surface area contributed by atoms with E-state index in [0.29, 0.717) is 45.0 Å². The van der Waals surface area contributed by atoms with Crippen molar-refractivity contribution in [3.63, 3.8) is 0 Å². The number of methoxy groups -OCH3 is 1. The van der Waals surface area contributed by atoms with Crippen molar-refractivity contribution in [1.82, 2.24) is 29.7 Å². The standard InChI is InChI=1S/C41H46BrN10O3P/c1-41(2,53)36-8-7-9-37(48-36)52-18-16-51(17-19-52)34-21-35(55-4)33(20-28(34)26-22-44-50(3)24-26)47-40-43-23-29(42)39(49-40)46-32-15-14-31-27(38(32)56(5,6)54)12-13-30(45-31)25-10-11-25/h7-9,12-15,20-25,53H,10-11,16-19H2,1-6H3,(H2,43,46,47,49). The lowest BCUT2D eigenvalue weighted by Crippen LogP contribution is -2.47. The predicted molar refractivity (Wildman–Crippen MR) is 228 cm³/mol. The average molecular weight is 838 g/mol. The zero-order valence-electron chi connectivity index (χ0n) is 32.4. The average Bonchev–Trinajstić information content (AvgIpc) is 3.94. The van der Waals surface area contributed by atoms with Crippen LogP contribution in [0.15, 0.2) is 77.7 Å². The summed E-state index contributed by atoms with van der Waals surface area (Å²) in [6.07, 6.45) is 7.88.